The second-order valence-corrected chi connectivity index (χ2v) is 28.1. The number of hydrogen-bond donors (Lipinski definition) is 15. The molecule has 0 radical (unpaired) electrons. The average molecular weight is 1220 g/mol. The molecule has 0 aromatic rings. The van der Waals surface area contributed by atoms with E-state index in [1.165, 1.54) is 6.92 Å². The molecule has 5 saturated carbocycles. The maximum Gasteiger partial charge on any atom is 0.314 e. The van der Waals surface area contributed by atoms with Crippen LogP contribution in [0.25, 0.3) is 0 Å². The van der Waals surface area contributed by atoms with Gasteiger partial charge in [-0.05, 0) is 129 Å². The highest BCUT2D eigenvalue weighted by Gasteiger charge is 2.73. The highest BCUT2D eigenvalue weighted by Crippen LogP contribution is 2.78. The van der Waals surface area contributed by atoms with Crippen LogP contribution in [0.2, 0.25) is 0 Å². The molecule has 5 aliphatic heterocycles. The van der Waals surface area contributed by atoms with Crippen molar-refractivity contribution in [2.45, 2.75) is 266 Å². The van der Waals surface area contributed by atoms with E-state index in [0.717, 1.165) is 37.7 Å². The molecule has 488 valence electrons. The van der Waals surface area contributed by atoms with Crippen molar-refractivity contribution in [2.75, 3.05) is 26.4 Å². The molecular weight excluding hydrogens is 1120 g/mol. The van der Waals surface area contributed by atoms with E-state index in [9.17, 15) is 76.6 Å². The molecule has 10 aliphatic rings. The topological polar surface area (TPSA) is 413 Å². The van der Waals surface area contributed by atoms with E-state index in [0.29, 0.717) is 32.1 Å². The van der Waals surface area contributed by atoms with Gasteiger partial charge in [0.05, 0.1) is 44.1 Å². The first-order chi connectivity index (χ1) is 39.9. The van der Waals surface area contributed by atoms with Gasteiger partial charge in [0, 0.05) is 0 Å². The standard InChI is InChI=1S/C59H96O26/c1-23(2)25-11-16-59(54(75)85-52-45(73)41(69)38(66)30(81-52)22-77-49-46(74)42(70)47(29(20-61)80-49)83-50-43(71)39(67)35(63)24(3)78-50)18-17-57(7)26(34(25)59)9-10-32-56(6)14-13-33(55(4,5)31(56)12-15-58(32,57)8)82-53-48(36(64)27(62)21-76-53)84-51-44(72)40(68)37(65)28(19-60)79-51/h24-53,60-74H,1,9-22H2,2-8H3/t24-,25+,26+,27-,28-,29-,30+,31-,32-,33+,34+,35+,36-,37+,38+,39+,40-,41-,42-,43-,44-,45+,46+,47-,48+,49+,50+,51-,52-,53+,56+,57-,58+,59-/m1/s1. The van der Waals surface area contributed by atoms with Gasteiger partial charge in [0.15, 0.2) is 25.2 Å². The van der Waals surface area contributed by atoms with Gasteiger partial charge in [0.25, 0.3) is 0 Å². The summed E-state index contributed by atoms with van der Waals surface area (Å²) in [4.78, 5) is 15.2. The van der Waals surface area contributed by atoms with Crippen LogP contribution in [0.5, 0.6) is 0 Å². The lowest BCUT2D eigenvalue weighted by atomic mass is 9.32. The highest BCUT2D eigenvalue weighted by atomic mass is 16.8. The lowest BCUT2D eigenvalue weighted by molar-refractivity contribution is -0.367. The van der Waals surface area contributed by atoms with Gasteiger partial charge in [-0.2, -0.15) is 0 Å². The quantitative estimate of drug-likeness (QED) is 0.0478. The third-order valence-electron chi connectivity index (χ3n) is 23.5. The van der Waals surface area contributed by atoms with E-state index >= 15 is 4.79 Å². The van der Waals surface area contributed by atoms with Crippen LogP contribution in [0.15, 0.2) is 12.2 Å². The normalized spacial score (nSPS) is 55.1. The van der Waals surface area contributed by atoms with Crippen LogP contribution < -0.4 is 0 Å². The van der Waals surface area contributed by atoms with Gasteiger partial charge in [0.1, 0.15) is 110 Å². The minimum absolute atomic E-state index is 0.0370. The fourth-order valence-corrected chi connectivity index (χ4v) is 18.4. The van der Waals surface area contributed by atoms with Crippen molar-refractivity contribution < 1.29 is 129 Å². The zero-order valence-electron chi connectivity index (χ0n) is 49.6. The lowest BCUT2D eigenvalue weighted by Crippen LogP contribution is -2.68. The molecule has 15 N–H and O–H groups in total. The fraction of sp³-hybridized carbons (Fsp3) is 0.949. The Bertz CT molecular complexity index is 2330. The largest absolute Gasteiger partial charge is 0.432 e. The number of esters is 1. The number of aliphatic hydroxyl groups excluding tert-OH is 15. The van der Waals surface area contributed by atoms with Crippen LogP contribution in [0, 0.1) is 56.7 Å². The van der Waals surface area contributed by atoms with Crippen molar-refractivity contribution in [2.24, 2.45) is 56.7 Å². The molecule has 5 aliphatic carbocycles. The maximum absolute atomic E-state index is 15.2. The Morgan fingerprint density at radius 1 is 0.529 bits per heavy atom. The van der Waals surface area contributed by atoms with Gasteiger partial charge in [-0.25, -0.2) is 0 Å². The number of carbonyl (C=O) groups excluding carboxylic acids is 1. The zero-order valence-corrected chi connectivity index (χ0v) is 49.6. The van der Waals surface area contributed by atoms with Crippen LogP contribution in [-0.2, 0) is 52.2 Å². The first kappa shape index (κ1) is 66.2. The van der Waals surface area contributed by atoms with Crippen LogP contribution in [0.3, 0.4) is 0 Å². The Morgan fingerprint density at radius 3 is 1.78 bits per heavy atom. The second-order valence-electron chi connectivity index (χ2n) is 28.1. The molecule has 10 fully saturated rings. The molecule has 0 unspecified atom stereocenters. The van der Waals surface area contributed by atoms with Gasteiger partial charge in [0.2, 0.25) is 6.29 Å². The van der Waals surface area contributed by atoms with E-state index in [1.807, 2.05) is 6.92 Å². The summed E-state index contributed by atoms with van der Waals surface area (Å²) in [5.41, 5.74) is -1.14. The fourth-order valence-electron chi connectivity index (χ4n) is 18.4. The smallest absolute Gasteiger partial charge is 0.314 e. The Balaban J connectivity index is 0.812. The number of ether oxygens (including phenoxy) is 10. The summed E-state index contributed by atoms with van der Waals surface area (Å²) in [5, 5.41) is 161. The number of carbonyl (C=O) groups is 1. The van der Waals surface area contributed by atoms with Crippen LogP contribution in [-0.4, -0.2) is 263 Å². The zero-order chi connectivity index (χ0) is 61.9. The molecule has 0 bridgehead atoms. The molecule has 10 rings (SSSR count). The molecule has 0 amide bonds. The van der Waals surface area contributed by atoms with Gasteiger partial charge in [-0.3, -0.25) is 4.79 Å². The Hall–Kier alpha value is -1.75. The van der Waals surface area contributed by atoms with E-state index in [2.05, 4.69) is 41.2 Å². The lowest BCUT2D eigenvalue weighted by Gasteiger charge is -2.73. The number of hydrogen-bond acceptors (Lipinski definition) is 26. The van der Waals surface area contributed by atoms with Gasteiger partial charge >= 0.3 is 5.97 Å². The molecule has 5 saturated heterocycles. The number of aliphatic hydroxyl groups is 15. The van der Waals surface area contributed by atoms with Crippen molar-refractivity contribution in [3.8, 4) is 0 Å². The second kappa shape index (κ2) is 24.7. The molecule has 34 atom stereocenters. The molecule has 5 heterocycles. The van der Waals surface area contributed by atoms with Gasteiger partial charge < -0.3 is 124 Å². The maximum atomic E-state index is 15.2. The van der Waals surface area contributed by atoms with Crippen molar-refractivity contribution >= 4 is 5.97 Å². The first-order valence-corrected chi connectivity index (χ1v) is 30.7. The van der Waals surface area contributed by atoms with Crippen LogP contribution in [0.4, 0.5) is 0 Å². The summed E-state index contributed by atoms with van der Waals surface area (Å²) in [6, 6.07) is 0. The number of rotatable bonds is 14. The third-order valence-corrected chi connectivity index (χ3v) is 23.5. The van der Waals surface area contributed by atoms with E-state index < -0.39 is 190 Å². The number of allylic oxidation sites excluding steroid dienone is 1. The summed E-state index contributed by atoms with van der Waals surface area (Å²) >= 11 is 0. The van der Waals surface area contributed by atoms with E-state index in [1.54, 1.807) is 0 Å². The number of fused-ring (bicyclic) bond motifs is 7. The predicted octanol–water partition coefficient (Wildman–Crippen LogP) is -2.69. The molecular formula is C59H96O26. The predicted molar refractivity (Wildman–Crippen MR) is 288 cm³/mol. The van der Waals surface area contributed by atoms with Crippen molar-refractivity contribution in [3.63, 3.8) is 0 Å². The molecule has 0 spiro atoms. The van der Waals surface area contributed by atoms with Crippen molar-refractivity contribution in [1.82, 2.24) is 0 Å². The summed E-state index contributed by atoms with van der Waals surface area (Å²) < 4.78 is 59.4. The molecule has 85 heavy (non-hydrogen) atoms. The van der Waals surface area contributed by atoms with Gasteiger partial charge in [-0.15, -0.1) is 0 Å². The summed E-state index contributed by atoms with van der Waals surface area (Å²) in [6.45, 7) is 17.1. The Morgan fingerprint density at radius 2 is 1.12 bits per heavy atom. The summed E-state index contributed by atoms with van der Waals surface area (Å²) in [7, 11) is 0. The average Bonchev–Trinajstić information content (AvgIpc) is 1.60. The highest BCUT2D eigenvalue weighted by molar-refractivity contribution is 5.78. The van der Waals surface area contributed by atoms with Crippen molar-refractivity contribution in [3.05, 3.63) is 12.2 Å². The summed E-state index contributed by atoms with van der Waals surface area (Å²) in [6.07, 6.45) is -31.5. The van der Waals surface area contributed by atoms with E-state index in [4.69, 9.17) is 47.4 Å². The van der Waals surface area contributed by atoms with Crippen molar-refractivity contribution in [1.29, 1.82) is 0 Å². The first-order valence-electron chi connectivity index (χ1n) is 30.7. The SMILES string of the molecule is C=C(C)[C@@H]1CC[C@@]2(C(=O)O[C@H]3O[C@@H](CO[C@H]4O[C@H](CO)[C@@H](O[C@@H]5O[C@H](C)[C@H](O)[C@H](O)[C@H]5O)[C@H](O)[C@@H]4O)[C@H](O)[C@@H](O)[C@@H]3O)CC[C@]3(C)[C@@H](CC[C@@H]4[C@@]5(C)CC[C@H](O[C@@H]6OC[C@@H](O)[C@@H](O)[C@@H]6O[C@H]6O[C@H](CO)[C@H](O)[C@@H](O)[C@H]6O)C(C)(C)[C@H]5CC[C@@]43C)[C@H]12. The van der Waals surface area contributed by atoms with Gasteiger partial charge in [-0.1, -0.05) is 46.8 Å². The monoisotopic (exact) mass is 1220 g/mol. The molecule has 0 aromatic carbocycles. The minimum atomic E-state index is -1.89. The molecule has 26 heteroatoms. The third kappa shape index (κ3) is 11.0. The van der Waals surface area contributed by atoms with E-state index in [-0.39, 0.29) is 52.4 Å². The van der Waals surface area contributed by atoms with Crippen LogP contribution in [0.1, 0.15) is 113 Å². The Kier molecular flexibility index (Phi) is 19.2. The van der Waals surface area contributed by atoms with Crippen LogP contribution >= 0.6 is 0 Å². The minimum Gasteiger partial charge on any atom is -0.432 e. The summed E-state index contributed by atoms with van der Waals surface area (Å²) in [5.74, 6) is -0.362. The molecule has 0 aromatic heterocycles. The molecule has 26 nitrogen and oxygen atoms in total. The Labute approximate surface area is 494 Å².